The van der Waals surface area contributed by atoms with Gasteiger partial charge in [0.25, 0.3) is 0 Å². The van der Waals surface area contributed by atoms with Gasteiger partial charge in [-0.15, -0.1) is 0 Å². The summed E-state index contributed by atoms with van der Waals surface area (Å²) in [6.45, 7) is 0. The molecule has 0 spiro atoms. The van der Waals surface area contributed by atoms with Crippen LogP contribution in [0.1, 0.15) is 0 Å². The summed E-state index contributed by atoms with van der Waals surface area (Å²) in [6.07, 6.45) is 3.57. The zero-order valence-corrected chi connectivity index (χ0v) is 8.51. The number of aromatic amines is 1. The summed E-state index contributed by atoms with van der Waals surface area (Å²) in [5, 5.41) is 1.10. The maximum Gasteiger partial charge on any atom is 0.163 e. The Morgan fingerprint density at radius 1 is 1.12 bits per heavy atom. The molecular weight excluding hydrogens is 200 g/mol. The fourth-order valence-electron chi connectivity index (χ4n) is 1.76. The largest absolute Gasteiger partial charge is 0.384 e. The van der Waals surface area contributed by atoms with Crippen molar-refractivity contribution >= 4 is 16.7 Å². The standard InChI is InChI=1S/C12H10N4/c13-11-5-6-14-12(16-11)9-7-15-10-4-2-1-3-8(9)10/h1-7,15H,(H2,13,14,16). The summed E-state index contributed by atoms with van der Waals surface area (Å²) in [6, 6.07) is 9.71. The molecule has 0 saturated heterocycles. The number of fused-ring (bicyclic) bond motifs is 1. The fourth-order valence-corrected chi connectivity index (χ4v) is 1.76. The molecule has 0 radical (unpaired) electrons. The molecule has 16 heavy (non-hydrogen) atoms. The van der Waals surface area contributed by atoms with Crippen LogP contribution in [0.25, 0.3) is 22.3 Å². The number of nitrogens with zero attached hydrogens (tertiary/aromatic N) is 2. The van der Waals surface area contributed by atoms with Crippen LogP contribution in [0.15, 0.2) is 42.7 Å². The van der Waals surface area contributed by atoms with Crippen molar-refractivity contribution in [2.75, 3.05) is 5.73 Å². The van der Waals surface area contributed by atoms with E-state index in [0.717, 1.165) is 16.5 Å². The molecule has 4 nitrogen and oxygen atoms in total. The van der Waals surface area contributed by atoms with E-state index in [2.05, 4.69) is 15.0 Å². The Morgan fingerprint density at radius 3 is 2.88 bits per heavy atom. The molecule has 0 bridgehead atoms. The van der Waals surface area contributed by atoms with Gasteiger partial charge in [-0.1, -0.05) is 18.2 Å². The second kappa shape index (κ2) is 3.34. The number of para-hydroxylation sites is 1. The molecule has 2 heterocycles. The van der Waals surface area contributed by atoms with E-state index in [-0.39, 0.29) is 0 Å². The second-order valence-corrected chi connectivity index (χ2v) is 3.55. The predicted octanol–water partition coefficient (Wildman–Crippen LogP) is 2.21. The second-order valence-electron chi connectivity index (χ2n) is 3.55. The molecule has 0 unspecified atom stereocenters. The minimum absolute atomic E-state index is 0.482. The Morgan fingerprint density at radius 2 is 2.00 bits per heavy atom. The molecule has 0 saturated carbocycles. The van der Waals surface area contributed by atoms with Crippen LogP contribution in [0.2, 0.25) is 0 Å². The third kappa shape index (κ3) is 1.32. The average Bonchev–Trinajstić information content (AvgIpc) is 2.72. The fraction of sp³-hybridized carbons (Fsp3) is 0. The van der Waals surface area contributed by atoms with Crippen molar-refractivity contribution in [2.24, 2.45) is 0 Å². The molecule has 3 aromatic rings. The average molecular weight is 210 g/mol. The molecule has 0 atom stereocenters. The first-order chi connectivity index (χ1) is 7.84. The number of aromatic nitrogens is 3. The van der Waals surface area contributed by atoms with Crippen LogP contribution < -0.4 is 5.73 Å². The van der Waals surface area contributed by atoms with E-state index in [9.17, 15) is 0 Å². The Labute approximate surface area is 92.2 Å². The van der Waals surface area contributed by atoms with Crippen molar-refractivity contribution in [3.05, 3.63) is 42.7 Å². The summed E-state index contributed by atoms with van der Waals surface area (Å²) < 4.78 is 0. The molecular formula is C12H10N4. The summed E-state index contributed by atoms with van der Waals surface area (Å²) in [5.41, 5.74) is 7.70. The van der Waals surface area contributed by atoms with Crippen LogP contribution in [0.3, 0.4) is 0 Å². The Balaban J connectivity index is 2.26. The zero-order valence-electron chi connectivity index (χ0n) is 8.51. The van der Waals surface area contributed by atoms with E-state index >= 15 is 0 Å². The van der Waals surface area contributed by atoms with Gasteiger partial charge in [-0.05, 0) is 12.1 Å². The lowest BCUT2D eigenvalue weighted by atomic mass is 10.1. The number of nitrogen functional groups attached to an aromatic ring is 1. The van der Waals surface area contributed by atoms with Crippen molar-refractivity contribution in [2.45, 2.75) is 0 Å². The van der Waals surface area contributed by atoms with Gasteiger partial charge in [-0.25, -0.2) is 9.97 Å². The van der Waals surface area contributed by atoms with Crippen molar-refractivity contribution in [3.8, 4) is 11.4 Å². The minimum atomic E-state index is 0.482. The number of nitrogens with one attached hydrogen (secondary N) is 1. The van der Waals surface area contributed by atoms with E-state index < -0.39 is 0 Å². The predicted molar refractivity (Wildman–Crippen MR) is 63.7 cm³/mol. The highest BCUT2D eigenvalue weighted by Gasteiger charge is 2.07. The van der Waals surface area contributed by atoms with Gasteiger partial charge in [0.05, 0.1) is 0 Å². The van der Waals surface area contributed by atoms with Crippen LogP contribution in [0.4, 0.5) is 5.82 Å². The highest BCUT2D eigenvalue weighted by atomic mass is 14.9. The summed E-state index contributed by atoms with van der Waals surface area (Å²) >= 11 is 0. The monoisotopic (exact) mass is 210 g/mol. The number of nitrogens with two attached hydrogens (primary N) is 1. The molecule has 0 amide bonds. The Bertz CT molecular complexity index is 642. The lowest BCUT2D eigenvalue weighted by Crippen LogP contribution is -1.93. The third-order valence-corrected chi connectivity index (χ3v) is 2.51. The number of anilines is 1. The molecule has 2 aromatic heterocycles. The first kappa shape index (κ1) is 8.91. The SMILES string of the molecule is Nc1ccnc(-c2c[nH]c3ccccc23)n1. The highest BCUT2D eigenvalue weighted by Crippen LogP contribution is 2.25. The van der Waals surface area contributed by atoms with Gasteiger partial charge in [-0.2, -0.15) is 0 Å². The maximum atomic E-state index is 5.65. The number of hydrogen-bond acceptors (Lipinski definition) is 3. The van der Waals surface area contributed by atoms with Gasteiger partial charge in [0.15, 0.2) is 5.82 Å². The number of hydrogen-bond donors (Lipinski definition) is 2. The number of benzene rings is 1. The molecule has 0 aliphatic carbocycles. The van der Waals surface area contributed by atoms with Gasteiger partial charge < -0.3 is 10.7 Å². The molecule has 3 N–H and O–H groups in total. The Kier molecular flexibility index (Phi) is 1.86. The van der Waals surface area contributed by atoms with E-state index in [0.29, 0.717) is 11.6 Å². The quantitative estimate of drug-likeness (QED) is 0.647. The smallest absolute Gasteiger partial charge is 0.163 e. The van der Waals surface area contributed by atoms with Gasteiger partial charge in [0, 0.05) is 28.9 Å². The van der Waals surface area contributed by atoms with Gasteiger partial charge in [0.1, 0.15) is 5.82 Å². The third-order valence-electron chi connectivity index (χ3n) is 2.51. The minimum Gasteiger partial charge on any atom is -0.384 e. The summed E-state index contributed by atoms with van der Waals surface area (Å²) in [7, 11) is 0. The molecule has 0 aliphatic rings. The highest BCUT2D eigenvalue weighted by molar-refractivity contribution is 5.93. The van der Waals surface area contributed by atoms with Crippen LogP contribution >= 0.6 is 0 Å². The van der Waals surface area contributed by atoms with Crippen molar-refractivity contribution in [1.82, 2.24) is 15.0 Å². The molecule has 1 aromatic carbocycles. The van der Waals surface area contributed by atoms with E-state index in [4.69, 9.17) is 5.73 Å². The van der Waals surface area contributed by atoms with Crippen LogP contribution in [-0.4, -0.2) is 15.0 Å². The first-order valence-electron chi connectivity index (χ1n) is 4.99. The Hall–Kier alpha value is -2.36. The van der Waals surface area contributed by atoms with Gasteiger partial charge in [-0.3, -0.25) is 0 Å². The summed E-state index contributed by atoms with van der Waals surface area (Å²) in [4.78, 5) is 11.6. The molecule has 3 rings (SSSR count). The first-order valence-corrected chi connectivity index (χ1v) is 4.99. The maximum absolute atomic E-state index is 5.65. The number of rotatable bonds is 1. The van der Waals surface area contributed by atoms with Crippen LogP contribution in [-0.2, 0) is 0 Å². The lowest BCUT2D eigenvalue weighted by molar-refractivity contribution is 1.19. The number of H-pyrrole nitrogens is 1. The molecule has 78 valence electrons. The van der Waals surface area contributed by atoms with Gasteiger partial charge >= 0.3 is 0 Å². The van der Waals surface area contributed by atoms with Crippen LogP contribution in [0.5, 0.6) is 0 Å². The molecule has 0 fully saturated rings. The van der Waals surface area contributed by atoms with E-state index in [1.165, 1.54) is 0 Å². The van der Waals surface area contributed by atoms with E-state index in [1.807, 2.05) is 30.5 Å². The van der Waals surface area contributed by atoms with Crippen molar-refractivity contribution in [3.63, 3.8) is 0 Å². The topological polar surface area (TPSA) is 67.6 Å². The summed E-state index contributed by atoms with van der Waals surface area (Å²) in [5.74, 6) is 1.13. The molecule has 0 aliphatic heterocycles. The van der Waals surface area contributed by atoms with Gasteiger partial charge in [0.2, 0.25) is 0 Å². The lowest BCUT2D eigenvalue weighted by Gasteiger charge is -1.98. The van der Waals surface area contributed by atoms with Crippen LogP contribution in [0, 0.1) is 0 Å². The van der Waals surface area contributed by atoms with E-state index in [1.54, 1.807) is 12.3 Å². The van der Waals surface area contributed by atoms with Crippen molar-refractivity contribution < 1.29 is 0 Å². The molecule has 4 heteroatoms. The normalized spacial score (nSPS) is 10.8. The zero-order chi connectivity index (χ0) is 11.0. The van der Waals surface area contributed by atoms with Crippen molar-refractivity contribution in [1.29, 1.82) is 0 Å².